The third-order valence-corrected chi connectivity index (χ3v) is 7.01. The smallest absolute Gasteiger partial charge is 0.178 e. The molecule has 2 aromatic carbocycles. The van der Waals surface area contributed by atoms with Gasteiger partial charge in [0.05, 0.1) is 10.6 Å². The van der Waals surface area contributed by atoms with Crippen LogP contribution in [0.2, 0.25) is 0 Å². The van der Waals surface area contributed by atoms with Gasteiger partial charge in [-0.15, -0.1) is 6.42 Å². The van der Waals surface area contributed by atoms with Gasteiger partial charge in [-0.05, 0) is 61.4 Å². The van der Waals surface area contributed by atoms with Gasteiger partial charge in [0, 0.05) is 11.6 Å². The van der Waals surface area contributed by atoms with Gasteiger partial charge in [-0.25, -0.2) is 17.2 Å². The van der Waals surface area contributed by atoms with E-state index in [0.29, 0.717) is 31.2 Å². The van der Waals surface area contributed by atoms with E-state index >= 15 is 0 Å². The molecule has 0 saturated heterocycles. The Hall–Kier alpha value is -2.23. The normalized spacial score (nSPS) is 23.0. The van der Waals surface area contributed by atoms with E-state index in [4.69, 9.17) is 6.42 Å². The van der Waals surface area contributed by atoms with Gasteiger partial charge >= 0.3 is 0 Å². The van der Waals surface area contributed by atoms with E-state index in [0.717, 1.165) is 12.1 Å². The third kappa shape index (κ3) is 4.37. The molecule has 0 aromatic heterocycles. The van der Waals surface area contributed by atoms with Crippen LogP contribution in [0.15, 0.2) is 47.4 Å². The van der Waals surface area contributed by atoms with E-state index in [1.54, 1.807) is 0 Å². The number of hydrogen-bond donors (Lipinski definition) is 1. The molecular weight excluding hydrogens is 370 g/mol. The van der Waals surface area contributed by atoms with Crippen molar-refractivity contribution in [3.8, 4) is 23.5 Å². The largest absolute Gasteiger partial charge is 0.378 e. The van der Waals surface area contributed by atoms with Gasteiger partial charge < -0.3 is 5.11 Å². The van der Waals surface area contributed by atoms with E-state index in [1.165, 1.54) is 30.3 Å². The molecule has 0 bridgehead atoms. The number of rotatable bonds is 4. The zero-order valence-electron chi connectivity index (χ0n) is 14.7. The Morgan fingerprint density at radius 2 is 1.74 bits per heavy atom. The SMILES string of the molecule is C#CC1(O)CCC(CS(=O)(=O)c2ccc(-c3ccc(F)cc3F)cc2)CC1. The number of benzene rings is 2. The van der Waals surface area contributed by atoms with Crippen LogP contribution in [0.5, 0.6) is 0 Å². The van der Waals surface area contributed by atoms with Gasteiger partial charge in [-0.1, -0.05) is 18.1 Å². The fourth-order valence-corrected chi connectivity index (χ4v) is 5.14. The van der Waals surface area contributed by atoms with Gasteiger partial charge in [0.1, 0.15) is 17.2 Å². The molecule has 142 valence electrons. The molecular formula is C21H20F2O3S. The minimum absolute atomic E-state index is 0.0160. The topological polar surface area (TPSA) is 54.4 Å². The van der Waals surface area contributed by atoms with Crippen molar-refractivity contribution in [2.45, 2.75) is 36.2 Å². The first-order valence-corrected chi connectivity index (χ1v) is 10.4. The highest BCUT2D eigenvalue weighted by Crippen LogP contribution is 2.33. The van der Waals surface area contributed by atoms with Crippen LogP contribution in [0.4, 0.5) is 8.78 Å². The minimum atomic E-state index is -3.51. The minimum Gasteiger partial charge on any atom is -0.378 e. The summed E-state index contributed by atoms with van der Waals surface area (Å²) in [6, 6.07) is 9.18. The van der Waals surface area contributed by atoms with Crippen LogP contribution in [-0.2, 0) is 9.84 Å². The zero-order valence-corrected chi connectivity index (χ0v) is 15.5. The summed E-state index contributed by atoms with van der Waals surface area (Å²) in [6.07, 6.45) is 7.22. The zero-order chi connectivity index (χ0) is 19.7. The lowest BCUT2D eigenvalue weighted by molar-refractivity contribution is 0.0477. The average Bonchev–Trinajstić information content (AvgIpc) is 2.64. The maximum Gasteiger partial charge on any atom is 0.178 e. The molecule has 2 aromatic rings. The molecule has 0 spiro atoms. The van der Waals surface area contributed by atoms with Gasteiger partial charge in [-0.3, -0.25) is 0 Å². The van der Waals surface area contributed by atoms with Crippen molar-refractivity contribution in [2.75, 3.05) is 5.75 Å². The fraction of sp³-hybridized carbons (Fsp3) is 0.333. The molecule has 3 rings (SSSR count). The maximum atomic E-state index is 13.9. The number of hydrogen-bond acceptors (Lipinski definition) is 3. The summed E-state index contributed by atoms with van der Waals surface area (Å²) in [6.45, 7) is 0. The number of terminal acetylenes is 1. The second-order valence-electron chi connectivity index (χ2n) is 7.05. The summed E-state index contributed by atoms with van der Waals surface area (Å²) in [5.74, 6) is 0.936. The molecule has 1 fully saturated rings. The van der Waals surface area contributed by atoms with Gasteiger partial charge in [-0.2, -0.15) is 0 Å². The van der Waals surface area contributed by atoms with Crippen molar-refractivity contribution in [1.82, 2.24) is 0 Å². The highest BCUT2D eigenvalue weighted by Gasteiger charge is 2.33. The van der Waals surface area contributed by atoms with E-state index in [1.807, 2.05) is 0 Å². The van der Waals surface area contributed by atoms with Crippen LogP contribution in [0.1, 0.15) is 25.7 Å². The lowest BCUT2D eigenvalue weighted by Gasteiger charge is -2.31. The molecule has 1 N–H and O–H groups in total. The molecule has 0 unspecified atom stereocenters. The Kier molecular flexibility index (Phi) is 5.36. The fourth-order valence-electron chi connectivity index (χ4n) is 3.44. The first kappa shape index (κ1) is 19.5. The Balaban J connectivity index is 1.73. The molecule has 0 radical (unpaired) electrons. The molecule has 1 aliphatic rings. The molecule has 1 saturated carbocycles. The molecule has 3 nitrogen and oxygen atoms in total. The van der Waals surface area contributed by atoms with Crippen LogP contribution in [0.3, 0.4) is 0 Å². The summed E-state index contributed by atoms with van der Waals surface area (Å²) in [7, 11) is -3.51. The first-order chi connectivity index (χ1) is 12.7. The van der Waals surface area contributed by atoms with Crippen LogP contribution >= 0.6 is 0 Å². The van der Waals surface area contributed by atoms with Crippen molar-refractivity contribution in [1.29, 1.82) is 0 Å². The van der Waals surface area contributed by atoms with Crippen molar-refractivity contribution >= 4 is 9.84 Å². The van der Waals surface area contributed by atoms with E-state index in [2.05, 4.69) is 5.92 Å². The molecule has 0 aliphatic heterocycles. The third-order valence-electron chi connectivity index (χ3n) is 5.11. The number of halogens is 2. The van der Waals surface area contributed by atoms with Gasteiger partial charge in [0.2, 0.25) is 0 Å². The summed E-state index contributed by atoms with van der Waals surface area (Å²) >= 11 is 0. The second-order valence-corrected chi connectivity index (χ2v) is 9.08. The molecule has 1 aliphatic carbocycles. The predicted octanol–water partition coefficient (Wildman–Crippen LogP) is 3.96. The summed E-state index contributed by atoms with van der Waals surface area (Å²) in [4.78, 5) is 0.159. The monoisotopic (exact) mass is 390 g/mol. The lowest BCUT2D eigenvalue weighted by Crippen LogP contribution is -2.34. The number of sulfone groups is 1. The van der Waals surface area contributed by atoms with Crippen molar-refractivity contribution < 1.29 is 22.3 Å². The maximum absolute atomic E-state index is 13.9. The average molecular weight is 390 g/mol. The van der Waals surface area contributed by atoms with Crippen molar-refractivity contribution in [3.63, 3.8) is 0 Å². The van der Waals surface area contributed by atoms with Gasteiger partial charge in [0.15, 0.2) is 9.84 Å². The summed E-state index contributed by atoms with van der Waals surface area (Å²) in [5.41, 5.74) is -0.439. The standard InChI is InChI=1S/C21H20F2O3S/c1-2-21(24)11-9-15(10-12-21)14-27(25,26)18-6-3-16(4-7-18)19-8-5-17(22)13-20(19)23/h1,3-8,13,15,24H,9-12,14H2. The van der Waals surface area contributed by atoms with E-state index in [-0.39, 0.29) is 22.1 Å². The van der Waals surface area contributed by atoms with Gasteiger partial charge in [0.25, 0.3) is 0 Å². The predicted molar refractivity (Wildman–Crippen MR) is 99.6 cm³/mol. The van der Waals surface area contributed by atoms with Crippen LogP contribution in [-0.4, -0.2) is 24.9 Å². The molecule has 0 heterocycles. The Labute approximate surface area is 158 Å². The van der Waals surface area contributed by atoms with Crippen LogP contribution in [0.25, 0.3) is 11.1 Å². The highest BCUT2D eigenvalue weighted by atomic mass is 32.2. The van der Waals surface area contributed by atoms with Crippen LogP contribution in [0, 0.1) is 29.9 Å². The summed E-state index contributed by atoms with van der Waals surface area (Å²) in [5, 5.41) is 10.1. The van der Waals surface area contributed by atoms with Crippen molar-refractivity contribution in [2.24, 2.45) is 5.92 Å². The van der Waals surface area contributed by atoms with E-state index < -0.39 is 27.1 Å². The molecule has 6 heteroatoms. The Morgan fingerprint density at radius 1 is 1.11 bits per heavy atom. The van der Waals surface area contributed by atoms with E-state index in [9.17, 15) is 22.3 Å². The second kappa shape index (κ2) is 7.41. The Bertz CT molecular complexity index is 967. The van der Waals surface area contributed by atoms with Crippen LogP contribution < -0.4 is 0 Å². The molecule has 27 heavy (non-hydrogen) atoms. The molecule has 0 atom stereocenters. The summed E-state index contributed by atoms with van der Waals surface area (Å²) < 4.78 is 52.2. The van der Waals surface area contributed by atoms with Crippen molar-refractivity contribution in [3.05, 3.63) is 54.1 Å². The highest BCUT2D eigenvalue weighted by molar-refractivity contribution is 7.91. The molecule has 0 amide bonds. The quantitative estimate of drug-likeness (QED) is 0.804. The lowest BCUT2D eigenvalue weighted by atomic mass is 9.80. The number of aliphatic hydroxyl groups is 1. The first-order valence-electron chi connectivity index (χ1n) is 8.71. The Morgan fingerprint density at radius 3 is 2.30 bits per heavy atom.